The molecule has 1 amide bonds. The van der Waals surface area contributed by atoms with Crippen LogP contribution in [0.1, 0.15) is 45.0 Å². The number of anilines is 1. The number of carbonyl (C=O) groups excluding carboxylic acids is 2. The Morgan fingerprint density at radius 1 is 0.931 bits per heavy atom. The van der Waals surface area contributed by atoms with Gasteiger partial charge in [0, 0.05) is 22.6 Å². The molecule has 0 aliphatic heterocycles. The minimum atomic E-state index is -0.529. The molecule has 0 saturated carbocycles. The summed E-state index contributed by atoms with van der Waals surface area (Å²) in [6, 6.07) is 16.5. The van der Waals surface area contributed by atoms with Crippen LogP contribution in [0, 0.1) is 20.8 Å². The zero-order chi connectivity index (χ0) is 21.0. The predicted octanol–water partition coefficient (Wildman–Crippen LogP) is 5.08. The molecule has 1 heterocycles. The molecule has 0 spiro atoms. The molecule has 3 aromatic rings. The molecule has 0 saturated heterocycles. The van der Waals surface area contributed by atoms with Crippen LogP contribution in [0.4, 0.5) is 5.69 Å². The summed E-state index contributed by atoms with van der Waals surface area (Å²) < 4.78 is 0. The van der Waals surface area contributed by atoms with E-state index in [-0.39, 0.29) is 11.7 Å². The van der Waals surface area contributed by atoms with Crippen molar-refractivity contribution >= 4 is 29.1 Å². The highest BCUT2D eigenvalue weighted by atomic mass is 32.2. The predicted molar refractivity (Wildman–Crippen MR) is 116 cm³/mol. The Labute approximate surface area is 175 Å². The van der Waals surface area contributed by atoms with Crippen molar-refractivity contribution in [3.63, 3.8) is 0 Å². The van der Waals surface area contributed by atoms with Gasteiger partial charge < -0.3 is 5.32 Å². The lowest BCUT2D eigenvalue weighted by Crippen LogP contribution is -2.19. The molecule has 1 aromatic heterocycles. The van der Waals surface area contributed by atoms with Gasteiger partial charge in [-0.15, -0.1) is 0 Å². The number of hydrogen-bond donors (Lipinski definition) is 1. The van der Waals surface area contributed by atoms with Crippen molar-refractivity contribution in [1.82, 2.24) is 9.97 Å². The maximum Gasteiger partial charge on any atom is 0.242 e. The first-order valence-electron chi connectivity index (χ1n) is 9.30. The number of Topliss-reactive ketones (excluding diaryl/α,β-unsaturated/α-hetero) is 1. The maximum atomic E-state index is 13.2. The van der Waals surface area contributed by atoms with E-state index in [1.165, 1.54) is 18.7 Å². The molecule has 3 rings (SSSR count). The van der Waals surface area contributed by atoms with E-state index in [2.05, 4.69) is 15.3 Å². The quantitative estimate of drug-likeness (QED) is 0.352. The van der Waals surface area contributed by atoms with Crippen LogP contribution in [0.15, 0.2) is 59.8 Å². The summed E-state index contributed by atoms with van der Waals surface area (Å²) in [6.07, 6.45) is 0. The number of thioether (sulfide) groups is 1. The van der Waals surface area contributed by atoms with Crippen LogP contribution in [0.2, 0.25) is 0 Å². The molecule has 0 fully saturated rings. The van der Waals surface area contributed by atoms with Gasteiger partial charge in [-0.2, -0.15) is 0 Å². The molecule has 148 valence electrons. The number of rotatable bonds is 6. The Balaban J connectivity index is 1.91. The number of aryl methyl sites for hydroxylation is 2. The summed E-state index contributed by atoms with van der Waals surface area (Å²) >= 11 is 1.32. The Kier molecular flexibility index (Phi) is 6.44. The largest absolute Gasteiger partial charge is 0.325 e. The third kappa shape index (κ3) is 5.09. The highest BCUT2D eigenvalue weighted by Gasteiger charge is 2.24. The van der Waals surface area contributed by atoms with E-state index in [9.17, 15) is 9.59 Å². The minimum absolute atomic E-state index is 0.0471. The lowest BCUT2D eigenvalue weighted by molar-refractivity contribution is -0.115. The van der Waals surface area contributed by atoms with Gasteiger partial charge in [0.25, 0.3) is 0 Å². The number of benzene rings is 2. The molecule has 0 radical (unpaired) electrons. The number of nitrogens with one attached hydrogen (secondary N) is 1. The Bertz CT molecular complexity index is 1030. The molecule has 2 aromatic carbocycles. The van der Waals surface area contributed by atoms with Crippen molar-refractivity contribution in [1.29, 1.82) is 0 Å². The highest BCUT2D eigenvalue weighted by Crippen LogP contribution is 2.35. The van der Waals surface area contributed by atoms with E-state index in [1.54, 1.807) is 24.3 Å². The van der Waals surface area contributed by atoms with Gasteiger partial charge in [0.2, 0.25) is 5.91 Å². The highest BCUT2D eigenvalue weighted by molar-refractivity contribution is 8.00. The fraction of sp³-hybridized carbons (Fsp3) is 0.217. The van der Waals surface area contributed by atoms with E-state index in [1.807, 2.05) is 51.1 Å². The zero-order valence-electron chi connectivity index (χ0n) is 16.9. The summed E-state index contributed by atoms with van der Waals surface area (Å²) in [7, 11) is 0. The molecule has 5 nitrogen and oxygen atoms in total. The number of ketones is 1. The lowest BCUT2D eigenvalue weighted by Gasteiger charge is -2.17. The van der Waals surface area contributed by atoms with Crippen LogP contribution in [-0.2, 0) is 4.79 Å². The Morgan fingerprint density at radius 3 is 2.21 bits per heavy atom. The monoisotopic (exact) mass is 405 g/mol. The summed E-state index contributed by atoms with van der Waals surface area (Å²) in [6.45, 7) is 7.38. The van der Waals surface area contributed by atoms with Gasteiger partial charge in [0.05, 0.1) is 0 Å². The molecule has 29 heavy (non-hydrogen) atoms. The Morgan fingerprint density at radius 2 is 1.59 bits per heavy atom. The van der Waals surface area contributed by atoms with Crippen LogP contribution in [0.25, 0.3) is 0 Å². The molecule has 0 bridgehead atoms. The zero-order valence-corrected chi connectivity index (χ0v) is 17.7. The second-order valence-corrected chi connectivity index (χ2v) is 7.91. The van der Waals surface area contributed by atoms with Crippen molar-refractivity contribution in [3.8, 4) is 0 Å². The van der Waals surface area contributed by atoms with Crippen molar-refractivity contribution in [3.05, 3.63) is 82.7 Å². The molecule has 6 heteroatoms. The number of hydrogen-bond acceptors (Lipinski definition) is 5. The SMILES string of the molecule is CC(=O)c1cccc(NC(=O)[C@H](Sc2nc(C)c(C)c(C)n2)c2ccccc2)c1. The van der Waals surface area contributed by atoms with Crippen LogP contribution < -0.4 is 5.32 Å². The molecule has 1 atom stereocenters. The minimum Gasteiger partial charge on any atom is -0.325 e. The number of nitrogens with zero attached hydrogens (tertiary/aromatic N) is 2. The van der Waals surface area contributed by atoms with E-state index < -0.39 is 5.25 Å². The smallest absolute Gasteiger partial charge is 0.242 e. The number of carbonyl (C=O) groups is 2. The average molecular weight is 406 g/mol. The molecule has 1 N–H and O–H groups in total. The van der Waals surface area contributed by atoms with Crippen LogP contribution in [0.3, 0.4) is 0 Å². The standard InChI is InChI=1S/C23H23N3O2S/c1-14-15(2)24-23(25-16(14)3)29-21(18-9-6-5-7-10-18)22(28)26-20-12-8-11-19(13-20)17(4)27/h5-13,21H,1-4H3,(H,26,28)/t21-/m1/s1. The van der Waals surface area contributed by atoms with E-state index in [4.69, 9.17) is 0 Å². The van der Waals surface area contributed by atoms with Crippen LogP contribution >= 0.6 is 11.8 Å². The first kappa shape index (κ1) is 20.7. The molecular formula is C23H23N3O2S. The van der Waals surface area contributed by atoms with E-state index >= 15 is 0 Å². The first-order chi connectivity index (χ1) is 13.8. The van der Waals surface area contributed by atoms with Gasteiger partial charge >= 0.3 is 0 Å². The van der Waals surface area contributed by atoms with Gasteiger partial charge in [0.15, 0.2) is 10.9 Å². The fourth-order valence-corrected chi connectivity index (χ4v) is 3.87. The van der Waals surface area contributed by atoms with Crippen molar-refractivity contribution < 1.29 is 9.59 Å². The second kappa shape index (κ2) is 9.01. The topological polar surface area (TPSA) is 72.0 Å². The van der Waals surface area contributed by atoms with Crippen molar-refractivity contribution in [2.24, 2.45) is 0 Å². The van der Waals surface area contributed by atoms with Crippen LogP contribution in [-0.4, -0.2) is 21.7 Å². The van der Waals surface area contributed by atoms with Gasteiger partial charge in [-0.1, -0.05) is 54.2 Å². The molecule has 0 aliphatic rings. The number of aromatic nitrogens is 2. The van der Waals surface area contributed by atoms with Crippen molar-refractivity contribution in [2.75, 3.05) is 5.32 Å². The molecular weight excluding hydrogens is 382 g/mol. The summed E-state index contributed by atoms with van der Waals surface area (Å²) in [5.74, 6) is -0.240. The summed E-state index contributed by atoms with van der Waals surface area (Å²) in [5.41, 5.74) is 4.86. The second-order valence-electron chi connectivity index (χ2n) is 6.84. The molecule has 0 unspecified atom stereocenters. The average Bonchev–Trinajstić information content (AvgIpc) is 2.71. The van der Waals surface area contributed by atoms with Gasteiger partial charge in [-0.25, -0.2) is 9.97 Å². The van der Waals surface area contributed by atoms with Crippen molar-refractivity contribution in [2.45, 2.75) is 38.1 Å². The third-order valence-electron chi connectivity index (χ3n) is 4.71. The summed E-state index contributed by atoms with van der Waals surface area (Å²) in [4.78, 5) is 33.9. The number of amides is 1. The Hall–Kier alpha value is -2.99. The molecule has 0 aliphatic carbocycles. The van der Waals surface area contributed by atoms with E-state index in [0.717, 1.165) is 22.5 Å². The van der Waals surface area contributed by atoms with E-state index in [0.29, 0.717) is 16.4 Å². The summed E-state index contributed by atoms with van der Waals surface area (Å²) in [5, 5.41) is 2.96. The first-order valence-corrected chi connectivity index (χ1v) is 10.2. The lowest BCUT2D eigenvalue weighted by atomic mass is 10.1. The van der Waals surface area contributed by atoms with Gasteiger partial charge in [0.1, 0.15) is 5.25 Å². The fourth-order valence-electron chi connectivity index (χ4n) is 2.82. The van der Waals surface area contributed by atoms with Gasteiger partial charge in [-0.05, 0) is 51.0 Å². The third-order valence-corrected chi connectivity index (χ3v) is 5.83. The van der Waals surface area contributed by atoms with Gasteiger partial charge in [-0.3, -0.25) is 9.59 Å². The van der Waals surface area contributed by atoms with Crippen LogP contribution in [0.5, 0.6) is 0 Å². The maximum absolute atomic E-state index is 13.2. The normalized spacial score (nSPS) is 11.7.